The van der Waals surface area contributed by atoms with Gasteiger partial charge in [-0.2, -0.15) is 10.5 Å². The maximum Gasteiger partial charge on any atom is 0.238 e. The summed E-state index contributed by atoms with van der Waals surface area (Å²) in [6, 6.07) is 14.7. The van der Waals surface area contributed by atoms with Crippen molar-refractivity contribution in [2.24, 2.45) is 5.92 Å². The number of nitrogens with one attached hydrogen (secondary N) is 2. The van der Waals surface area contributed by atoms with Crippen molar-refractivity contribution < 1.29 is 14.3 Å². The molecule has 2 aromatic carbocycles. The van der Waals surface area contributed by atoms with Gasteiger partial charge < -0.3 is 15.7 Å². The number of halogens is 1. The number of fused-ring (bicyclic) bond motifs is 2. The molecular weight excluding hydrogens is 383 g/mol. The first-order valence-electron chi connectivity index (χ1n) is 9.91. The second kappa shape index (κ2) is 8.23. The van der Waals surface area contributed by atoms with Gasteiger partial charge in [0.2, 0.25) is 5.91 Å². The summed E-state index contributed by atoms with van der Waals surface area (Å²) in [6.07, 6.45) is 1.33. The molecule has 30 heavy (non-hydrogen) atoms. The monoisotopic (exact) mass is 404 g/mol. The summed E-state index contributed by atoms with van der Waals surface area (Å²) in [7, 11) is 0. The van der Waals surface area contributed by atoms with E-state index in [1.807, 2.05) is 24.3 Å². The van der Waals surface area contributed by atoms with E-state index in [1.54, 1.807) is 12.1 Å². The predicted octanol–water partition coefficient (Wildman–Crippen LogP) is 2.03. The average Bonchev–Trinajstić information content (AvgIpc) is 3.33. The van der Waals surface area contributed by atoms with Crippen LogP contribution in [0.1, 0.15) is 24.0 Å². The van der Waals surface area contributed by atoms with Crippen LogP contribution in [0.15, 0.2) is 42.5 Å². The molecule has 1 aliphatic carbocycles. The Bertz CT molecular complexity index is 1040. The number of carbonyl (C=O) groups excluding carboxylic acids is 1. The molecule has 1 aliphatic heterocycles. The van der Waals surface area contributed by atoms with Crippen molar-refractivity contribution in [3.63, 3.8) is 0 Å². The lowest BCUT2D eigenvalue weighted by Gasteiger charge is -2.27. The number of hydrogen-bond acceptors (Lipinski definition) is 5. The van der Waals surface area contributed by atoms with Gasteiger partial charge in [-0.3, -0.25) is 4.79 Å². The Hall–Kier alpha value is -3.26. The molecule has 5 atom stereocenters. The number of amides is 1. The largest absolute Gasteiger partial charge is 0.393 e. The smallest absolute Gasteiger partial charge is 0.238 e. The van der Waals surface area contributed by atoms with Gasteiger partial charge in [0, 0.05) is 18.4 Å². The lowest BCUT2D eigenvalue weighted by Crippen LogP contribution is -2.53. The molecule has 0 aromatic heterocycles. The molecule has 1 amide bonds. The van der Waals surface area contributed by atoms with Crippen LogP contribution in [0.4, 0.5) is 4.39 Å². The van der Waals surface area contributed by atoms with Gasteiger partial charge in [0.05, 0.1) is 23.8 Å². The van der Waals surface area contributed by atoms with E-state index >= 15 is 0 Å². The number of piperidine rings is 1. The normalized spacial score (nSPS) is 25.3. The van der Waals surface area contributed by atoms with E-state index in [0.717, 1.165) is 17.5 Å². The van der Waals surface area contributed by atoms with E-state index in [2.05, 4.69) is 16.7 Å². The summed E-state index contributed by atoms with van der Waals surface area (Å²) < 4.78 is 13.8. The molecule has 152 valence electrons. The zero-order valence-corrected chi connectivity index (χ0v) is 16.2. The fourth-order valence-corrected chi connectivity index (χ4v) is 4.43. The molecule has 2 bridgehead atoms. The molecule has 4 rings (SSSR count). The fraction of sp³-hybridized carbons (Fsp3) is 0.348. The third kappa shape index (κ3) is 3.91. The summed E-state index contributed by atoms with van der Waals surface area (Å²) >= 11 is 0. The van der Waals surface area contributed by atoms with Crippen molar-refractivity contribution in [2.75, 3.05) is 0 Å². The number of aliphatic hydroxyl groups is 1. The molecule has 6 nitrogen and oxygen atoms in total. The Balaban J connectivity index is 1.39. The highest BCUT2D eigenvalue weighted by molar-refractivity contribution is 5.83. The van der Waals surface area contributed by atoms with E-state index < -0.39 is 24.0 Å². The van der Waals surface area contributed by atoms with Gasteiger partial charge in [0.1, 0.15) is 17.9 Å². The Morgan fingerprint density at radius 3 is 2.53 bits per heavy atom. The van der Waals surface area contributed by atoms with Gasteiger partial charge in [0.25, 0.3) is 0 Å². The number of rotatable bonds is 5. The minimum absolute atomic E-state index is 0.000432. The third-order valence-corrected chi connectivity index (χ3v) is 5.99. The highest BCUT2D eigenvalue weighted by Crippen LogP contribution is 2.35. The van der Waals surface area contributed by atoms with E-state index in [4.69, 9.17) is 5.26 Å². The molecule has 0 spiro atoms. The topological polar surface area (TPSA) is 109 Å². The van der Waals surface area contributed by atoms with Crippen LogP contribution in [0.2, 0.25) is 0 Å². The van der Waals surface area contributed by atoms with Crippen LogP contribution >= 0.6 is 0 Å². The quantitative estimate of drug-likeness (QED) is 0.707. The predicted molar refractivity (Wildman–Crippen MR) is 107 cm³/mol. The van der Waals surface area contributed by atoms with Gasteiger partial charge in [0.15, 0.2) is 0 Å². The lowest BCUT2D eigenvalue weighted by molar-refractivity contribution is -0.125. The van der Waals surface area contributed by atoms with Crippen LogP contribution < -0.4 is 10.6 Å². The van der Waals surface area contributed by atoms with Crippen molar-refractivity contribution in [3.8, 4) is 23.3 Å². The molecule has 1 heterocycles. The van der Waals surface area contributed by atoms with Crippen molar-refractivity contribution in [1.82, 2.24) is 10.6 Å². The number of hydrogen-bond donors (Lipinski definition) is 3. The number of nitriles is 2. The van der Waals surface area contributed by atoms with E-state index in [9.17, 15) is 19.6 Å². The maximum atomic E-state index is 13.8. The zero-order chi connectivity index (χ0) is 21.3. The summed E-state index contributed by atoms with van der Waals surface area (Å²) in [6.45, 7) is 0. The van der Waals surface area contributed by atoms with Gasteiger partial charge in [-0.1, -0.05) is 30.3 Å². The molecular formula is C23H21FN4O2. The molecule has 2 aliphatic rings. The van der Waals surface area contributed by atoms with Gasteiger partial charge in [-0.15, -0.1) is 0 Å². The van der Waals surface area contributed by atoms with Crippen LogP contribution in [0.25, 0.3) is 11.1 Å². The molecule has 2 aromatic rings. The van der Waals surface area contributed by atoms with E-state index in [1.165, 1.54) is 12.1 Å². The Labute approximate surface area is 173 Å². The summed E-state index contributed by atoms with van der Waals surface area (Å²) in [4.78, 5) is 12.6. The lowest BCUT2D eigenvalue weighted by atomic mass is 9.96. The molecule has 3 N–H and O–H groups in total. The fourth-order valence-electron chi connectivity index (χ4n) is 4.43. The first-order chi connectivity index (χ1) is 14.5. The highest BCUT2D eigenvalue weighted by Gasteiger charge is 2.48. The first kappa shape index (κ1) is 20.0. The maximum absolute atomic E-state index is 13.8. The van der Waals surface area contributed by atoms with Crippen molar-refractivity contribution in [3.05, 3.63) is 59.4 Å². The molecule has 0 unspecified atom stereocenters. The minimum atomic E-state index is -0.686. The number of aliphatic hydroxyl groups excluding tert-OH is 1. The second-order valence-electron chi connectivity index (χ2n) is 7.94. The zero-order valence-electron chi connectivity index (χ0n) is 16.2. The van der Waals surface area contributed by atoms with Gasteiger partial charge in [-0.05, 0) is 41.7 Å². The summed E-state index contributed by atoms with van der Waals surface area (Å²) in [5, 5.41) is 34.3. The van der Waals surface area contributed by atoms with Crippen molar-refractivity contribution in [2.45, 2.75) is 43.5 Å². The standard InChI is InChI=1S/C23H21FN4O2/c24-20-8-15(5-6-16(20)11-25)14-3-1-13(2-4-14)7-18(12-26)28-23(30)22-19-9-17(27-22)10-21(19)29/h1-6,8,17-19,21-22,27,29H,7,9-10H2,(H,28,30)/t17-,18-,19+,21-,22-/m0/s1. The first-order valence-corrected chi connectivity index (χ1v) is 9.91. The van der Waals surface area contributed by atoms with Gasteiger partial charge >= 0.3 is 0 Å². The molecule has 7 heteroatoms. The third-order valence-electron chi connectivity index (χ3n) is 5.99. The second-order valence-corrected chi connectivity index (χ2v) is 7.94. The molecule has 0 radical (unpaired) electrons. The Morgan fingerprint density at radius 1 is 1.20 bits per heavy atom. The van der Waals surface area contributed by atoms with E-state index in [-0.39, 0.29) is 23.4 Å². The van der Waals surface area contributed by atoms with E-state index in [0.29, 0.717) is 18.4 Å². The highest BCUT2D eigenvalue weighted by atomic mass is 19.1. The average molecular weight is 404 g/mol. The van der Waals surface area contributed by atoms with Gasteiger partial charge in [-0.25, -0.2) is 4.39 Å². The van der Waals surface area contributed by atoms with Crippen LogP contribution in [0.5, 0.6) is 0 Å². The summed E-state index contributed by atoms with van der Waals surface area (Å²) in [5.41, 5.74) is 2.31. The SMILES string of the molecule is N#Cc1ccc(-c2ccc(C[C@@H](C#N)NC(=O)[C@H]3N[C@H]4C[C@@H]3[C@@H](O)C4)cc2)cc1F. The molecule has 1 saturated carbocycles. The van der Waals surface area contributed by atoms with Crippen LogP contribution in [0, 0.1) is 34.4 Å². The van der Waals surface area contributed by atoms with Crippen molar-refractivity contribution in [1.29, 1.82) is 10.5 Å². The number of nitrogens with zero attached hydrogens (tertiary/aromatic N) is 2. The number of benzene rings is 2. The molecule has 2 fully saturated rings. The van der Waals surface area contributed by atoms with Crippen molar-refractivity contribution >= 4 is 5.91 Å². The molecule has 1 saturated heterocycles. The minimum Gasteiger partial charge on any atom is -0.393 e. The number of carbonyl (C=O) groups is 1. The van der Waals surface area contributed by atoms with Crippen LogP contribution in [0.3, 0.4) is 0 Å². The Kier molecular flexibility index (Phi) is 5.50. The van der Waals surface area contributed by atoms with Crippen LogP contribution in [-0.2, 0) is 11.2 Å². The summed E-state index contributed by atoms with van der Waals surface area (Å²) in [5.74, 6) is -0.912. The Morgan fingerprint density at radius 2 is 1.93 bits per heavy atom. The van der Waals surface area contributed by atoms with Crippen LogP contribution in [-0.4, -0.2) is 35.2 Å².